The van der Waals surface area contributed by atoms with Gasteiger partial charge in [0.15, 0.2) is 0 Å². The normalized spacial score (nSPS) is 18.4. The highest BCUT2D eigenvalue weighted by molar-refractivity contribution is 6.07. The van der Waals surface area contributed by atoms with E-state index in [1.807, 2.05) is 65.6 Å². The summed E-state index contributed by atoms with van der Waals surface area (Å²) < 4.78 is 0. The van der Waals surface area contributed by atoms with Gasteiger partial charge in [0.05, 0.1) is 23.4 Å². The van der Waals surface area contributed by atoms with Gasteiger partial charge in [-0.15, -0.1) is 0 Å². The van der Waals surface area contributed by atoms with E-state index in [-0.39, 0.29) is 17.9 Å². The van der Waals surface area contributed by atoms with Crippen LogP contribution in [-0.4, -0.2) is 45.6 Å². The number of hydrogen-bond acceptors (Lipinski definition) is 4. The average molecular weight is 438 g/mol. The lowest BCUT2D eigenvalue weighted by Gasteiger charge is -2.42. The van der Waals surface area contributed by atoms with Crippen molar-refractivity contribution in [2.24, 2.45) is 5.41 Å². The lowest BCUT2D eigenvalue weighted by atomic mass is 9.75. The molecule has 0 spiro atoms. The molecule has 33 heavy (non-hydrogen) atoms. The third kappa shape index (κ3) is 4.37. The Morgan fingerprint density at radius 2 is 1.85 bits per heavy atom. The molecule has 1 amide bonds. The standard InChI is InChI=1S/C28H27N3O2/c32-20-28(17-21-8-2-1-3-9-21)13-7-15-31(19-28)27(33)24-16-26(22-10-6-14-29-18-22)30-25-12-5-4-11-23(24)25/h1-6,8-12,14,16,18,32H,7,13,15,17,19-20H2. The molecule has 0 radical (unpaired) electrons. The summed E-state index contributed by atoms with van der Waals surface area (Å²) in [7, 11) is 0. The maximum absolute atomic E-state index is 13.9. The van der Waals surface area contributed by atoms with Crippen LogP contribution in [0, 0.1) is 5.41 Å². The Hall–Kier alpha value is -3.57. The number of pyridine rings is 2. The molecule has 1 aliphatic rings. The van der Waals surface area contributed by atoms with Gasteiger partial charge in [0, 0.05) is 41.8 Å². The SMILES string of the molecule is O=C(c1cc(-c2cccnc2)nc2ccccc12)N1CCCC(CO)(Cc2ccccc2)C1. The number of rotatable bonds is 5. The van der Waals surface area contributed by atoms with Crippen molar-refractivity contribution in [3.8, 4) is 11.3 Å². The van der Waals surface area contributed by atoms with Crippen molar-refractivity contribution in [1.29, 1.82) is 0 Å². The molecule has 4 aromatic rings. The van der Waals surface area contributed by atoms with Gasteiger partial charge in [-0.05, 0) is 49.1 Å². The predicted molar refractivity (Wildman–Crippen MR) is 130 cm³/mol. The summed E-state index contributed by atoms with van der Waals surface area (Å²) in [6, 6.07) is 23.7. The summed E-state index contributed by atoms with van der Waals surface area (Å²) in [5.41, 5.74) is 3.91. The molecule has 1 aliphatic heterocycles. The van der Waals surface area contributed by atoms with Gasteiger partial charge in [-0.1, -0.05) is 48.5 Å². The zero-order valence-electron chi connectivity index (χ0n) is 18.5. The van der Waals surface area contributed by atoms with Crippen molar-refractivity contribution in [1.82, 2.24) is 14.9 Å². The van der Waals surface area contributed by atoms with Crippen molar-refractivity contribution < 1.29 is 9.90 Å². The van der Waals surface area contributed by atoms with E-state index in [4.69, 9.17) is 4.98 Å². The molecular weight excluding hydrogens is 410 g/mol. The largest absolute Gasteiger partial charge is 0.396 e. The Morgan fingerprint density at radius 1 is 1.03 bits per heavy atom. The van der Waals surface area contributed by atoms with Gasteiger partial charge >= 0.3 is 0 Å². The van der Waals surface area contributed by atoms with Gasteiger partial charge in [0.25, 0.3) is 5.91 Å². The van der Waals surface area contributed by atoms with Crippen LogP contribution in [0.4, 0.5) is 0 Å². The van der Waals surface area contributed by atoms with Crippen molar-refractivity contribution in [2.45, 2.75) is 19.3 Å². The zero-order chi connectivity index (χ0) is 22.7. The highest BCUT2D eigenvalue weighted by Crippen LogP contribution is 2.35. The highest BCUT2D eigenvalue weighted by Gasteiger charge is 2.37. The number of benzene rings is 2. The minimum absolute atomic E-state index is 0.00988. The van der Waals surface area contributed by atoms with Crippen LogP contribution in [-0.2, 0) is 6.42 Å². The van der Waals surface area contributed by atoms with E-state index in [9.17, 15) is 9.90 Å². The number of carbonyl (C=O) groups is 1. The molecule has 2 aromatic carbocycles. The Morgan fingerprint density at radius 3 is 2.64 bits per heavy atom. The van der Waals surface area contributed by atoms with Crippen LogP contribution >= 0.6 is 0 Å². The van der Waals surface area contributed by atoms with Gasteiger partial charge in [0.1, 0.15) is 0 Å². The fourth-order valence-corrected chi connectivity index (χ4v) is 4.92. The second-order valence-corrected chi connectivity index (χ2v) is 8.96. The second kappa shape index (κ2) is 9.12. The quantitative estimate of drug-likeness (QED) is 0.489. The number of fused-ring (bicyclic) bond motifs is 1. The molecule has 5 rings (SSSR count). The second-order valence-electron chi connectivity index (χ2n) is 8.96. The zero-order valence-corrected chi connectivity index (χ0v) is 18.5. The average Bonchev–Trinajstić information content (AvgIpc) is 2.89. The number of nitrogens with zero attached hydrogens (tertiary/aromatic N) is 3. The number of aliphatic hydroxyl groups is 1. The van der Waals surface area contributed by atoms with E-state index in [0.717, 1.165) is 41.4 Å². The van der Waals surface area contributed by atoms with Gasteiger partial charge < -0.3 is 10.0 Å². The monoisotopic (exact) mass is 437 g/mol. The topological polar surface area (TPSA) is 66.3 Å². The molecule has 3 heterocycles. The lowest BCUT2D eigenvalue weighted by Crippen LogP contribution is -2.49. The van der Waals surface area contributed by atoms with E-state index in [1.54, 1.807) is 12.4 Å². The van der Waals surface area contributed by atoms with E-state index < -0.39 is 0 Å². The van der Waals surface area contributed by atoms with Crippen molar-refractivity contribution in [3.05, 3.63) is 96.3 Å². The summed E-state index contributed by atoms with van der Waals surface area (Å²) in [6.07, 6.45) is 6.03. The molecule has 1 fully saturated rings. The molecule has 1 atom stereocenters. The van der Waals surface area contributed by atoms with E-state index >= 15 is 0 Å². The minimum atomic E-state index is -0.329. The third-order valence-corrected chi connectivity index (χ3v) is 6.61. The van der Waals surface area contributed by atoms with Crippen LogP contribution in [0.25, 0.3) is 22.2 Å². The first-order chi connectivity index (χ1) is 16.2. The van der Waals surface area contributed by atoms with Gasteiger partial charge in [-0.3, -0.25) is 9.78 Å². The third-order valence-electron chi connectivity index (χ3n) is 6.61. The highest BCUT2D eigenvalue weighted by atomic mass is 16.3. The van der Waals surface area contributed by atoms with Crippen LogP contribution in [0.2, 0.25) is 0 Å². The van der Waals surface area contributed by atoms with E-state index in [0.29, 0.717) is 18.7 Å². The van der Waals surface area contributed by atoms with Crippen LogP contribution in [0.1, 0.15) is 28.8 Å². The molecule has 5 nitrogen and oxygen atoms in total. The molecule has 0 aliphatic carbocycles. The first-order valence-electron chi connectivity index (χ1n) is 11.4. The molecule has 1 saturated heterocycles. The van der Waals surface area contributed by atoms with Gasteiger partial charge in [-0.2, -0.15) is 0 Å². The predicted octanol–water partition coefficient (Wildman–Crippen LogP) is 4.75. The number of aliphatic hydroxyl groups excluding tert-OH is 1. The van der Waals surface area contributed by atoms with Crippen LogP contribution in [0.15, 0.2) is 85.2 Å². The number of para-hydroxylation sites is 1. The van der Waals surface area contributed by atoms with Crippen molar-refractivity contribution in [2.75, 3.05) is 19.7 Å². The van der Waals surface area contributed by atoms with E-state index in [2.05, 4.69) is 17.1 Å². The van der Waals surface area contributed by atoms with E-state index in [1.165, 1.54) is 5.56 Å². The summed E-state index contributed by atoms with van der Waals surface area (Å²) in [5, 5.41) is 11.2. The van der Waals surface area contributed by atoms with Crippen molar-refractivity contribution in [3.63, 3.8) is 0 Å². The molecule has 5 heteroatoms. The number of hydrogen-bond donors (Lipinski definition) is 1. The Kier molecular flexibility index (Phi) is 5.88. The Bertz CT molecular complexity index is 1260. The smallest absolute Gasteiger partial charge is 0.254 e. The summed E-state index contributed by atoms with van der Waals surface area (Å²) in [4.78, 5) is 24.8. The molecule has 0 saturated carbocycles. The fourth-order valence-electron chi connectivity index (χ4n) is 4.92. The Labute approximate surface area is 193 Å². The number of amides is 1. The van der Waals surface area contributed by atoms with Gasteiger partial charge in [-0.25, -0.2) is 4.98 Å². The number of carbonyl (C=O) groups excluding carboxylic acids is 1. The summed E-state index contributed by atoms with van der Waals surface area (Å²) >= 11 is 0. The maximum atomic E-state index is 13.9. The summed E-state index contributed by atoms with van der Waals surface area (Å²) in [6.45, 7) is 1.29. The summed E-state index contributed by atoms with van der Waals surface area (Å²) in [5.74, 6) is -0.00988. The Balaban J connectivity index is 1.50. The molecule has 166 valence electrons. The lowest BCUT2D eigenvalue weighted by molar-refractivity contribution is 0.0273. The number of likely N-dealkylation sites (tertiary alicyclic amines) is 1. The van der Waals surface area contributed by atoms with Crippen molar-refractivity contribution >= 4 is 16.8 Å². The molecule has 1 unspecified atom stereocenters. The molecule has 0 bridgehead atoms. The first kappa shape index (κ1) is 21.3. The van der Waals surface area contributed by atoms with Crippen LogP contribution < -0.4 is 0 Å². The van der Waals surface area contributed by atoms with Gasteiger partial charge in [0.2, 0.25) is 0 Å². The molecule has 2 aromatic heterocycles. The fraction of sp³-hybridized carbons (Fsp3) is 0.250. The molecular formula is C28H27N3O2. The minimum Gasteiger partial charge on any atom is -0.396 e. The van der Waals surface area contributed by atoms with Crippen LogP contribution in [0.5, 0.6) is 0 Å². The molecule has 1 N–H and O–H groups in total. The van der Waals surface area contributed by atoms with Crippen LogP contribution in [0.3, 0.4) is 0 Å². The number of aromatic nitrogens is 2. The first-order valence-corrected chi connectivity index (χ1v) is 11.4. The maximum Gasteiger partial charge on any atom is 0.254 e. The number of piperidine rings is 1.